The van der Waals surface area contributed by atoms with Crippen LogP contribution in [0.3, 0.4) is 0 Å². The summed E-state index contributed by atoms with van der Waals surface area (Å²) in [7, 11) is 2.78. The van der Waals surface area contributed by atoms with Crippen molar-refractivity contribution in [1.82, 2.24) is 0 Å². The Morgan fingerprint density at radius 3 is 2.32 bits per heavy atom. The number of hydrogen-bond donors (Lipinski definition) is 3. The van der Waals surface area contributed by atoms with Crippen LogP contribution in [0.2, 0.25) is 0 Å². The summed E-state index contributed by atoms with van der Waals surface area (Å²) in [5, 5.41) is 31.4. The molecule has 0 saturated carbocycles. The van der Waals surface area contributed by atoms with Gasteiger partial charge in [0.2, 0.25) is 11.5 Å². The number of aliphatic carboxylic acids is 1. The zero-order valence-corrected chi connectivity index (χ0v) is 16.5. The van der Waals surface area contributed by atoms with Crippen molar-refractivity contribution < 1.29 is 29.6 Å². The van der Waals surface area contributed by atoms with Crippen LogP contribution in [-0.4, -0.2) is 35.5 Å². The molecule has 0 bridgehead atoms. The van der Waals surface area contributed by atoms with E-state index < -0.39 is 11.9 Å². The van der Waals surface area contributed by atoms with Crippen LogP contribution in [-0.2, 0) is 11.2 Å². The fraction of sp³-hybridized carbons (Fsp3) is 0.409. The van der Waals surface area contributed by atoms with Crippen LogP contribution in [0.5, 0.6) is 23.0 Å². The van der Waals surface area contributed by atoms with Gasteiger partial charge in [-0.3, -0.25) is 4.79 Å². The minimum atomic E-state index is -0.878. The number of fused-ring (bicyclic) bond motifs is 1. The first-order valence-electron chi connectivity index (χ1n) is 9.30. The molecular weight excluding hydrogens is 360 g/mol. The third-order valence-electron chi connectivity index (χ3n) is 5.97. The van der Waals surface area contributed by atoms with Gasteiger partial charge < -0.3 is 24.8 Å². The van der Waals surface area contributed by atoms with Crippen molar-refractivity contribution in [1.29, 1.82) is 0 Å². The fourth-order valence-corrected chi connectivity index (χ4v) is 4.45. The van der Waals surface area contributed by atoms with Gasteiger partial charge in [0.15, 0.2) is 11.5 Å². The summed E-state index contributed by atoms with van der Waals surface area (Å²) in [6.07, 6.45) is 1.44. The molecule has 0 aliphatic heterocycles. The number of carboxylic acids is 1. The van der Waals surface area contributed by atoms with E-state index >= 15 is 0 Å². The largest absolute Gasteiger partial charge is 0.504 e. The van der Waals surface area contributed by atoms with Gasteiger partial charge in [0.05, 0.1) is 20.1 Å². The van der Waals surface area contributed by atoms with Gasteiger partial charge in [-0.15, -0.1) is 0 Å². The maximum atomic E-state index is 11.8. The molecule has 3 atom stereocenters. The first-order valence-corrected chi connectivity index (χ1v) is 9.30. The standard InChI is InChI=1S/C22H26O6/c1-11(22(25)26)14-10-9-13-7-5-6-8-15(13)17(14)16-12(2)18(23)20(27-3)21(28-4)19(16)24/h5-8,11,14,17,23-24H,9-10H2,1-4H3,(H,25,26)/t11-,14?,17+/m0/s1. The fourth-order valence-electron chi connectivity index (χ4n) is 4.45. The SMILES string of the molecule is COc1c(O)c(C)c([C@H]2c3ccccc3CCC2[C@H](C)C(=O)O)c(O)c1OC. The molecule has 1 aliphatic rings. The predicted octanol–water partition coefficient (Wildman–Crippen LogP) is 3.84. The molecule has 0 radical (unpaired) electrons. The third kappa shape index (κ3) is 3.03. The van der Waals surface area contributed by atoms with Crippen LogP contribution in [0, 0.1) is 18.8 Å². The number of phenolic OH excluding ortho intramolecular Hbond substituents is 2. The zero-order chi connectivity index (χ0) is 20.6. The number of rotatable bonds is 5. The summed E-state index contributed by atoms with van der Waals surface area (Å²) >= 11 is 0. The van der Waals surface area contributed by atoms with Gasteiger partial charge >= 0.3 is 5.97 Å². The van der Waals surface area contributed by atoms with Crippen LogP contribution in [0.4, 0.5) is 0 Å². The molecule has 2 aromatic rings. The topological polar surface area (TPSA) is 96.2 Å². The summed E-state index contributed by atoms with van der Waals surface area (Å²) in [5.41, 5.74) is 3.03. The molecule has 0 amide bonds. The second-order valence-electron chi connectivity index (χ2n) is 7.31. The van der Waals surface area contributed by atoms with Gasteiger partial charge in [-0.2, -0.15) is 0 Å². The Hall–Kier alpha value is -2.89. The monoisotopic (exact) mass is 386 g/mol. The van der Waals surface area contributed by atoms with E-state index in [-0.39, 0.29) is 34.8 Å². The van der Waals surface area contributed by atoms with E-state index in [4.69, 9.17) is 9.47 Å². The van der Waals surface area contributed by atoms with E-state index in [1.165, 1.54) is 14.2 Å². The number of aryl methyl sites for hydroxylation is 1. The second-order valence-corrected chi connectivity index (χ2v) is 7.31. The van der Waals surface area contributed by atoms with E-state index in [2.05, 4.69) is 0 Å². The van der Waals surface area contributed by atoms with Crippen LogP contribution in [0.25, 0.3) is 0 Å². The first-order chi connectivity index (χ1) is 13.3. The van der Waals surface area contributed by atoms with Gasteiger partial charge in [-0.25, -0.2) is 0 Å². The molecule has 6 heteroatoms. The molecule has 0 heterocycles. The van der Waals surface area contributed by atoms with Crippen LogP contribution in [0.15, 0.2) is 24.3 Å². The van der Waals surface area contributed by atoms with E-state index in [0.29, 0.717) is 17.5 Å². The van der Waals surface area contributed by atoms with Crippen molar-refractivity contribution >= 4 is 5.97 Å². The molecule has 28 heavy (non-hydrogen) atoms. The summed E-state index contributed by atoms with van der Waals surface area (Å²) < 4.78 is 10.5. The zero-order valence-electron chi connectivity index (χ0n) is 16.5. The Morgan fingerprint density at radius 2 is 1.71 bits per heavy atom. The number of methoxy groups -OCH3 is 2. The summed E-state index contributed by atoms with van der Waals surface area (Å²) in [4.78, 5) is 11.8. The third-order valence-corrected chi connectivity index (χ3v) is 5.97. The van der Waals surface area contributed by atoms with E-state index in [1.807, 2.05) is 24.3 Å². The van der Waals surface area contributed by atoms with Gasteiger partial charge in [0, 0.05) is 17.0 Å². The molecule has 0 spiro atoms. The highest BCUT2D eigenvalue weighted by atomic mass is 16.5. The van der Waals surface area contributed by atoms with E-state index in [0.717, 1.165) is 17.5 Å². The van der Waals surface area contributed by atoms with Crippen molar-refractivity contribution in [2.45, 2.75) is 32.6 Å². The lowest BCUT2D eigenvalue weighted by Crippen LogP contribution is -2.31. The lowest BCUT2D eigenvalue weighted by molar-refractivity contribution is -0.143. The Bertz CT molecular complexity index is 904. The highest BCUT2D eigenvalue weighted by Crippen LogP contribution is 2.55. The summed E-state index contributed by atoms with van der Waals surface area (Å²) in [5.74, 6) is -2.26. The molecule has 6 nitrogen and oxygen atoms in total. The quantitative estimate of drug-likeness (QED) is 0.676. The smallest absolute Gasteiger partial charge is 0.306 e. The molecule has 3 rings (SSSR count). The number of benzene rings is 2. The number of carbonyl (C=O) groups is 1. The van der Waals surface area contributed by atoms with Crippen LogP contribution < -0.4 is 9.47 Å². The number of carboxylic acid groups (broad SMARTS) is 1. The van der Waals surface area contributed by atoms with Gasteiger partial charge in [-0.1, -0.05) is 31.2 Å². The summed E-state index contributed by atoms with van der Waals surface area (Å²) in [6, 6.07) is 7.85. The maximum absolute atomic E-state index is 11.8. The Balaban J connectivity index is 2.32. The molecule has 0 fully saturated rings. The van der Waals surface area contributed by atoms with E-state index in [9.17, 15) is 20.1 Å². The lowest BCUT2D eigenvalue weighted by Gasteiger charge is -2.37. The average Bonchev–Trinajstić information content (AvgIpc) is 2.69. The Morgan fingerprint density at radius 1 is 1.11 bits per heavy atom. The average molecular weight is 386 g/mol. The molecule has 1 unspecified atom stereocenters. The normalized spacial score (nSPS) is 19.6. The molecule has 150 valence electrons. The lowest BCUT2D eigenvalue weighted by atomic mass is 9.66. The highest BCUT2D eigenvalue weighted by molar-refractivity contribution is 5.72. The van der Waals surface area contributed by atoms with Gasteiger partial charge in [-0.05, 0) is 36.8 Å². The molecule has 0 saturated heterocycles. The van der Waals surface area contributed by atoms with Crippen LogP contribution in [0.1, 0.15) is 41.5 Å². The van der Waals surface area contributed by atoms with Crippen molar-refractivity contribution in [3.63, 3.8) is 0 Å². The minimum Gasteiger partial charge on any atom is -0.504 e. The van der Waals surface area contributed by atoms with Gasteiger partial charge in [0.25, 0.3) is 0 Å². The predicted molar refractivity (Wildman–Crippen MR) is 105 cm³/mol. The second kappa shape index (κ2) is 7.62. The highest BCUT2D eigenvalue weighted by Gasteiger charge is 2.40. The number of aromatic hydroxyl groups is 2. The number of hydrogen-bond acceptors (Lipinski definition) is 5. The van der Waals surface area contributed by atoms with Crippen molar-refractivity contribution in [2.24, 2.45) is 11.8 Å². The number of phenols is 2. The van der Waals surface area contributed by atoms with Gasteiger partial charge in [0.1, 0.15) is 0 Å². The molecular formula is C22H26O6. The molecule has 3 N–H and O–H groups in total. The van der Waals surface area contributed by atoms with E-state index in [1.54, 1.807) is 13.8 Å². The van der Waals surface area contributed by atoms with Crippen LogP contribution >= 0.6 is 0 Å². The Kier molecular flexibility index (Phi) is 5.40. The van der Waals surface area contributed by atoms with Crippen molar-refractivity contribution in [3.05, 3.63) is 46.5 Å². The van der Waals surface area contributed by atoms with Crippen molar-refractivity contribution in [3.8, 4) is 23.0 Å². The first kappa shape index (κ1) is 19.9. The molecule has 2 aromatic carbocycles. The number of ether oxygens (including phenoxy) is 2. The summed E-state index contributed by atoms with van der Waals surface area (Å²) in [6.45, 7) is 3.40. The minimum absolute atomic E-state index is 0.0467. The molecule has 1 aliphatic carbocycles. The maximum Gasteiger partial charge on any atom is 0.306 e. The van der Waals surface area contributed by atoms with Crippen molar-refractivity contribution in [2.75, 3.05) is 14.2 Å². The Labute approximate surface area is 164 Å². The molecule has 0 aromatic heterocycles.